The van der Waals surface area contributed by atoms with Gasteiger partial charge in [0.25, 0.3) is 0 Å². The largest absolute Gasteiger partial charge is 0.490 e. The molecule has 1 rings (SSSR count). The molecule has 1 atom stereocenters. The first-order valence-corrected chi connectivity index (χ1v) is 5.31. The molecule has 0 aromatic carbocycles. The average Bonchev–Trinajstić information content (AvgIpc) is 2.18. The van der Waals surface area contributed by atoms with Crippen molar-refractivity contribution in [3.63, 3.8) is 0 Å². The van der Waals surface area contributed by atoms with E-state index in [-0.39, 0.29) is 0 Å². The van der Waals surface area contributed by atoms with Gasteiger partial charge in [0.2, 0.25) is 0 Å². The van der Waals surface area contributed by atoms with Crippen LogP contribution in [0.2, 0.25) is 0 Å². The van der Waals surface area contributed by atoms with Crippen molar-refractivity contribution in [2.24, 2.45) is 11.7 Å². The zero-order valence-electron chi connectivity index (χ0n) is 9.26. The Morgan fingerprint density at radius 2 is 1.69 bits per heavy atom. The first-order chi connectivity index (χ1) is 7.25. The van der Waals surface area contributed by atoms with Crippen LogP contribution in [0.3, 0.4) is 0 Å². The van der Waals surface area contributed by atoms with Crippen LogP contribution in [-0.4, -0.2) is 23.3 Å². The van der Waals surface area contributed by atoms with E-state index in [0.29, 0.717) is 6.04 Å². The molecule has 0 bridgehead atoms. The maximum Gasteiger partial charge on any atom is 0.490 e. The number of aliphatic carboxylic acids is 1. The molecular formula is C10H18F3NO2. The average molecular weight is 241 g/mol. The number of hydrogen-bond donors (Lipinski definition) is 2. The van der Waals surface area contributed by atoms with E-state index in [1.165, 1.54) is 32.1 Å². The second-order valence-corrected chi connectivity index (χ2v) is 4.06. The van der Waals surface area contributed by atoms with Gasteiger partial charge < -0.3 is 10.8 Å². The summed E-state index contributed by atoms with van der Waals surface area (Å²) >= 11 is 0. The summed E-state index contributed by atoms with van der Waals surface area (Å²) < 4.78 is 31.7. The second-order valence-electron chi connectivity index (χ2n) is 4.06. The molecule has 0 heterocycles. The number of carbonyl (C=O) groups is 1. The van der Waals surface area contributed by atoms with Crippen LogP contribution in [0.5, 0.6) is 0 Å². The van der Waals surface area contributed by atoms with Crippen LogP contribution >= 0.6 is 0 Å². The summed E-state index contributed by atoms with van der Waals surface area (Å²) in [4.78, 5) is 8.90. The van der Waals surface area contributed by atoms with Crippen molar-refractivity contribution in [1.29, 1.82) is 0 Å². The number of carboxylic acids is 1. The number of halogens is 3. The van der Waals surface area contributed by atoms with Crippen LogP contribution in [0.4, 0.5) is 13.2 Å². The van der Waals surface area contributed by atoms with Crippen LogP contribution in [0.15, 0.2) is 0 Å². The molecule has 0 aromatic rings. The van der Waals surface area contributed by atoms with E-state index in [1.807, 2.05) is 0 Å². The Morgan fingerprint density at radius 1 is 1.31 bits per heavy atom. The molecule has 1 aliphatic carbocycles. The molecular weight excluding hydrogens is 223 g/mol. The van der Waals surface area contributed by atoms with Crippen molar-refractivity contribution in [3.05, 3.63) is 0 Å². The van der Waals surface area contributed by atoms with Crippen molar-refractivity contribution in [2.45, 2.75) is 51.2 Å². The topological polar surface area (TPSA) is 63.3 Å². The lowest BCUT2D eigenvalue weighted by Gasteiger charge is -2.24. The molecule has 0 radical (unpaired) electrons. The van der Waals surface area contributed by atoms with Crippen molar-refractivity contribution >= 4 is 5.97 Å². The fourth-order valence-corrected chi connectivity index (χ4v) is 1.66. The molecule has 0 aromatic heterocycles. The minimum atomic E-state index is -5.08. The Labute approximate surface area is 92.8 Å². The number of nitrogens with two attached hydrogens (primary N) is 1. The summed E-state index contributed by atoms with van der Waals surface area (Å²) in [6, 6.07) is 0.435. The predicted molar refractivity (Wildman–Crippen MR) is 53.9 cm³/mol. The fraction of sp³-hybridized carbons (Fsp3) is 0.900. The van der Waals surface area contributed by atoms with Gasteiger partial charge in [-0.1, -0.05) is 19.3 Å². The Hall–Kier alpha value is -0.780. The Kier molecular flexibility index (Phi) is 6.40. The zero-order chi connectivity index (χ0) is 12.8. The molecule has 0 saturated heterocycles. The highest BCUT2D eigenvalue weighted by Gasteiger charge is 2.38. The molecule has 0 unspecified atom stereocenters. The molecule has 1 aliphatic rings. The first-order valence-electron chi connectivity index (χ1n) is 5.31. The Bertz CT molecular complexity index is 211. The Balaban J connectivity index is 0.000000293. The van der Waals surface area contributed by atoms with Gasteiger partial charge in [0.15, 0.2) is 0 Å². The molecule has 3 N–H and O–H groups in total. The molecule has 3 nitrogen and oxygen atoms in total. The maximum absolute atomic E-state index is 10.6. The number of hydrogen-bond acceptors (Lipinski definition) is 2. The van der Waals surface area contributed by atoms with E-state index in [9.17, 15) is 13.2 Å². The molecule has 6 heteroatoms. The lowest BCUT2D eigenvalue weighted by Crippen LogP contribution is -2.27. The quantitative estimate of drug-likeness (QED) is 0.741. The van der Waals surface area contributed by atoms with E-state index in [1.54, 1.807) is 0 Å². The van der Waals surface area contributed by atoms with Crippen LogP contribution in [0.1, 0.15) is 39.0 Å². The summed E-state index contributed by atoms with van der Waals surface area (Å²) in [6.45, 7) is 2.13. The summed E-state index contributed by atoms with van der Waals surface area (Å²) in [5.74, 6) is -1.92. The van der Waals surface area contributed by atoms with Crippen LogP contribution in [0.25, 0.3) is 0 Å². The van der Waals surface area contributed by atoms with Gasteiger partial charge in [0.05, 0.1) is 0 Å². The molecule has 1 fully saturated rings. The van der Waals surface area contributed by atoms with E-state index >= 15 is 0 Å². The second kappa shape index (κ2) is 6.73. The lowest BCUT2D eigenvalue weighted by molar-refractivity contribution is -0.192. The monoisotopic (exact) mass is 241 g/mol. The predicted octanol–water partition coefficient (Wildman–Crippen LogP) is 2.55. The molecule has 0 amide bonds. The molecule has 0 aliphatic heterocycles. The summed E-state index contributed by atoms with van der Waals surface area (Å²) in [6.07, 6.45) is 1.91. The number of rotatable bonds is 1. The number of alkyl halides is 3. The van der Waals surface area contributed by atoms with Crippen molar-refractivity contribution in [2.75, 3.05) is 0 Å². The van der Waals surface area contributed by atoms with E-state index in [2.05, 4.69) is 6.92 Å². The Morgan fingerprint density at radius 3 is 1.88 bits per heavy atom. The normalized spacial score (nSPS) is 19.6. The smallest absolute Gasteiger partial charge is 0.475 e. The van der Waals surface area contributed by atoms with E-state index < -0.39 is 12.1 Å². The maximum atomic E-state index is 10.6. The lowest BCUT2D eigenvalue weighted by atomic mass is 9.85. The van der Waals surface area contributed by atoms with Crippen molar-refractivity contribution in [3.8, 4) is 0 Å². The third kappa shape index (κ3) is 6.66. The zero-order valence-corrected chi connectivity index (χ0v) is 9.26. The van der Waals surface area contributed by atoms with E-state index in [0.717, 1.165) is 5.92 Å². The summed E-state index contributed by atoms with van der Waals surface area (Å²) in [7, 11) is 0. The van der Waals surface area contributed by atoms with Crippen molar-refractivity contribution in [1.82, 2.24) is 0 Å². The minimum Gasteiger partial charge on any atom is -0.475 e. The molecule has 16 heavy (non-hydrogen) atoms. The highest BCUT2D eigenvalue weighted by molar-refractivity contribution is 5.73. The molecule has 0 spiro atoms. The van der Waals surface area contributed by atoms with Crippen molar-refractivity contribution < 1.29 is 23.1 Å². The minimum absolute atomic E-state index is 0.435. The van der Waals surface area contributed by atoms with Crippen LogP contribution in [0, 0.1) is 5.92 Å². The van der Waals surface area contributed by atoms with E-state index in [4.69, 9.17) is 15.6 Å². The van der Waals surface area contributed by atoms with Gasteiger partial charge in [0, 0.05) is 6.04 Å². The first kappa shape index (κ1) is 15.2. The number of carboxylic acid groups (broad SMARTS) is 1. The van der Waals surface area contributed by atoms with Crippen LogP contribution in [-0.2, 0) is 4.79 Å². The standard InChI is InChI=1S/C8H17N.C2HF3O2/c1-7(9)8-5-3-2-4-6-8;3-2(4,5)1(6)7/h7-8H,2-6,9H2,1H3;(H,6,7)/t7-;/m0./s1. The molecule has 1 saturated carbocycles. The van der Waals surface area contributed by atoms with Gasteiger partial charge in [-0.2, -0.15) is 13.2 Å². The highest BCUT2D eigenvalue weighted by atomic mass is 19.4. The van der Waals surface area contributed by atoms with Crippen LogP contribution < -0.4 is 5.73 Å². The van der Waals surface area contributed by atoms with Gasteiger partial charge >= 0.3 is 12.1 Å². The third-order valence-corrected chi connectivity index (χ3v) is 2.64. The summed E-state index contributed by atoms with van der Waals surface area (Å²) in [5.41, 5.74) is 5.77. The van der Waals surface area contributed by atoms with Gasteiger partial charge in [-0.05, 0) is 25.7 Å². The van der Waals surface area contributed by atoms with Gasteiger partial charge in [-0.3, -0.25) is 0 Å². The highest BCUT2D eigenvalue weighted by Crippen LogP contribution is 2.25. The molecule has 96 valence electrons. The van der Waals surface area contributed by atoms with Gasteiger partial charge in [-0.15, -0.1) is 0 Å². The van der Waals surface area contributed by atoms with Gasteiger partial charge in [-0.25, -0.2) is 4.79 Å². The summed E-state index contributed by atoms with van der Waals surface area (Å²) in [5, 5.41) is 7.12. The van der Waals surface area contributed by atoms with Gasteiger partial charge in [0.1, 0.15) is 0 Å². The fourth-order valence-electron chi connectivity index (χ4n) is 1.66. The SMILES string of the molecule is C[C@H](N)C1CCCCC1.O=C(O)C(F)(F)F. The third-order valence-electron chi connectivity index (χ3n) is 2.64.